The molecule has 0 bridgehead atoms. The SMILES string of the molecule is CCCC(N=CCCO)[C@@H](C)NCCc1ccccc1. The smallest absolute Gasteiger partial charge is 0.0645 e. The van der Waals surface area contributed by atoms with Crippen LogP contribution in [0.5, 0.6) is 0 Å². The highest BCUT2D eigenvalue weighted by Gasteiger charge is 2.13. The second-order valence-corrected chi connectivity index (χ2v) is 5.18. The normalized spacial score (nSPS) is 14.6. The van der Waals surface area contributed by atoms with Gasteiger partial charge in [-0.2, -0.15) is 0 Å². The number of hydrogen-bond donors (Lipinski definition) is 2. The average molecular weight is 276 g/mol. The van der Waals surface area contributed by atoms with E-state index in [0.29, 0.717) is 18.5 Å². The fourth-order valence-electron chi connectivity index (χ4n) is 2.24. The van der Waals surface area contributed by atoms with Crippen LogP contribution in [0, 0.1) is 0 Å². The average Bonchev–Trinajstić information content (AvgIpc) is 2.47. The minimum absolute atomic E-state index is 0.179. The minimum Gasteiger partial charge on any atom is -0.396 e. The topological polar surface area (TPSA) is 44.6 Å². The molecule has 1 aromatic carbocycles. The molecular weight excluding hydrogens is 248 g/mol. The van der Waals surface area contributed by atoms with Gasteiger partial charge in [0.2, 0.25) is 0 Å². The Hall–Kier alpha value is -1.19. The molecule has 0 saturated carbocycles. The van der Waals surface area contributed by atoms with Crippen molar-refractivity contribution < 1.29 is 5.11 Å². The van der Waals surface area contributed by atoms with Gasteiger partial charge in [0.25, 0.3) is 0 Å². The van der Waals surface area contributed by atoms with E-state index in [4.69, 9.17) is 5.11 Å². The van der Waals surface area contributed by atoms with Crippen LogP contribution in [0.15, 0.2) is 35.3 Å². The van der Waals surface area contributed by atoms with Crippen LogP contribution in [0.2, 0.25) is 0 Å². The summed E-state index contributed by atoms with van der Waals surface area (Å²) >= 11 is 0. The molecule has 3 nitrogen and oxygen atoms in total. The summed E-state index contributed by atoms with van der Waals surface area (Å²) in [5, 5.41) is 12.4. The third kappa shape index (κ3) is 6.83. The molecular formula is C17H28N2O. The third-order valence-electron chi connectivity index (χ3n) is 3.44. The number of aliphatic imine (C=N–C) groups is 1. The largest absolute Gasteiger partial charge is 0.396 e. The molecule has 2 atom stereocenters. The molecule has 0 aromatic heterocycles. The Balaban J connectivity index is 2.35. The van der Waals surface area contributed by atoms with E-state index in [1.165, 1.54) is 5.56 Å². The first-order valence-corrected chi connectivity index (χ1v) is 7.67. The van der Waals surface area contributed by atoms with Crippen molar-refractivity contribution in [3.8, 4) is 0 Å². The van der Waals surface area contributed by atoms with Gasteiger partial charge in [-0.05, 0) is 31.9 Å². The van der Waals surface area contributed by atoms with E-state index in [0.717, 1.165) is 25.8 Å². The third-order valence-corrected chi connectivity index (χ3v) is 3.44. The van der Waals surface area contributed by atoms with Crippen molar-refractivity contribution in [3.05, 3.63) is 35.9 Å². The zero-order valence-electron chi connectivity index (χ0n) is 12.8. The van der Waals surface area contributed by atoms with Crippen molar-refractivity contribution >= 4 is 6.21 Å². The molecule has 0 aliphatic heterocycles. The summed E-state index contributed by atoms with van der Waals surface area (Å²) < 4.78 is 0. The standard InChI is InChI=1S/C17H28N2O/c1-3-8-17(19-12-7-14-20)15(2)18-13-11-16-9-5-4-6-10-16/h4-6,9-10,12,15,17-18,20H,3,7-8,11,13-14H2,1-2H3/t15-,17?/m1/s1. The highest BCUT2D eigenvalue weighted by Crippen LogP contribution is 2.07. The maximum Gasteiger partial charge on any atom is 0.0645 e. The van der Waals surface area contributed by atoms with Crippen LogP contribution >= 0.6 is 0 Å². The first kappa shape index (κ1) is 16.9. The van der Waals surface area contributed by atoms with Gasteiger partial charge in [0, 0.05) is 25.3 Å². The minimum atomic E-state index is 0.179. The second kappa shape index (κ2) is 10.6. The Morgan fingerprint density at radius 1 is 1.30 bits per heavy atom. The fourth-order valence-corrected chi connectivity index (χ4v) is 2.24. The van der Waals surface area contributed by atoms with Crippen molar-refractivity contribution in [2.75, 3.05) is 13.2 Å². The van der Waals surface area contributed by atoms with Gasteiger partial charge in [0.05, 0.1) is 6.04 Å². The van der Waals surface area contributed by atoms with E-state index in [1.54, 1.807) is 0 Å². The molecule has 2 N–H and O–H groups in total. The summed E-state index contributed by atoms with van der Waals surface area (Å²) in [6.45, 7) is 5.53. The van der Waals surface area contributed by atoms with E-state index in [1.807, 2.05) is 12.3 Å². The Labute approximate surface area is 123 Å². The number of nitrogens with one attached hydrogen (secondary N) is 1. The van der Waals surface area contributed by atoms with E-state index < -0.39 is 0 Å². The molecule has 1 aromatic rings. The number of benzene rings is 1. The molecule has 0 aliphatic rings. The molecule has 0 spiro atoms. The maximum atomic E-state index is 8.81. The quantitative estimate of drug-likeness (QED) is 0.645. The monoisotopic (exact) mass is 276 g/mol. The lowest BCUT2D eigenvalue weighted by molar-refractivity contribution is 0.308. The Kier molecular flexibility index (Phi) is 8.92. The first-order valence-electron chi connectivity index (χ1n) is 7.67. The zero-order chi connectivity index (χ0) is 14.6. The highest BCUT2D eigenvalue weighted by atomic mass is 16.2. The van der Waals surface area contributed by atoms with Crippen LogP contribution in [0.25, 0.3) is 0 Å². The molecule has 20 heavy (non-hydrogen) atoms. The van der Waals surface area contributed by atoms with Crippen molar-refractivity contribution in [2.45, 2.75) is 51.6 Å². The molecule has 0 aliphatic carbocycles. The molecule has 0 heterocycles. The van der Waals surface area contributed by atoms with Gasteiger partial charge < -0.3 is 10.4 Å². The number of aliphatic hydroxyl groups is 1. The van der Waals surface area contributed by atoms with Gasteiger partial charge in [0.1, 0.15) is 0 Å². The van der Waals surface area contributed by atoms with Crippen LogP contribution in [-0.4, -0.2) is 36.6 Å². The second-order valence-electron chi connectivity index (χ2n) is 5.18. The summed E-state index contributed by atoms with van der Waals surface area (Å²) in [5.74, 6) is 0. The van der Waals surface area contributed by atoms with E-state index in [9.17, 15) is 0 Å². The molecule has 0 saturated heterocycles. The molecule has 0 fully saturated rings. The van der Waals surface area contributed by atoms with E-state index >= 15 is 0 Å². The highest BCUT2D eigenvalue weighted by molar-refractivity contribution is 5.57. The van der Waals surface area contributed by atoms with Gasteiger partial charge in [-0.1, -0.05) is 43.7 Å². The van der Waals surface area contributed by atoms with Crippen LogP contribution in [-0.2, 0) is 6.42 Å². The number of aliphatic hydroxyl groups excluding tert-OH is 1. The summed E-state index contributed by atoms with van der Waals surface area (Å²) in [4.78, 5) is 4.58. The molecule has 112 valence electrons. The molecule has 3 heteroatoms. The lowest BCUT2D eigenvalue weighted by Crippen LogP contribution is -2.37. The van der Waals surface area contributed by atoms with Gasteiger partial charge >= 0.3 is 0 Å². The summed E-state index contributed by atoms with van der Waals surface area (Å²) in [6, 6.07) is 11.2. The number of rotatable bonds is 10. The van der Waals surface area contributed by atoms with Gasteiger partial charge in [-0.15, -0.1) is 0 Å². The van der Waals surface area contributed by atoms with Crippen LogP contribution in [0.1, 0.15) is 38.7 Å². The molecule has 0 amide bonds. The Morgan fingerprint density at radius 3 is 2.70 bits per heavy atom. The van der Waals surface area contributed by atoms with Crippen LogP contribution < -0.4 is 5.32 Å². The Morgan fingerprint density at radius 2 is 2.05 bits per heavy atom. The van der Waals surface area contributed by atoms with Gasteiger partial charge in [-0.3, -0.25) is 4.99 Å². The lowest BCUT2D eigenvalue weighted by Gasteiger charge is -2.21. The summed E-state index contributed by atoms with van der Waals surface area (Å²) in [5.41, 5.74) is 1.36. The first-order chi connectivity index (χ1) is 9.77. The zero-order valence-corrected chi connectivity index (χ0v) is 12.8. The number of nitrogens with zero attached hydrogens (tertiary/aromatic N) is 1. The van der Waals surface area contributed by atoms with Crippen LogP contribution in [0.3, 0.4) is 0 Å². The van der Waals surface area contributed by atoms with Crippen molar-refractivity contribution in [1.29, 1.82) is 0 Å². The summed E-state index contributed by atoms with van der Waals surface area (Å²) in [6.07, 6.45) is 5.77. The fraction of sp³-hybridized carbons (Fsp3) is 0.588. The van der Waals surface area contributed by atoms with Gasteiger partial charge in [0.15, 0.2) is 0 Å². The Bertz CT molecular complexity index is 365. The lowest BCUT2D eigenvalue weighted by atomic mass is 10.0. The molecule has 1 unspecified atom stereocenters. The van der Waals surface area contributed by atoms with Gasteiger partial charge in [-0.25, -0.2) is 0 Å². The predicted molar refractivity (Wildman–Crippen MR) is 86.5 cm³/mol. The number of hydrogen-bond acceptors (Lipinski definition) is 3. The maximum absolute atomic E-state index is 8.81. The van der Waals surface area contributed by atoms with Crippen molar-refractivity contribution in [3.63, 3.8) is 0 Å². The predicted octanol–water partition coefficient (Wildman–Crippen LogP) is 2.83. The van der Waals surface area contributed by atoms with E-state index in [2.05, 4.69) is 48.4 Å². The molecule has 1 rings (SSSR count). The van der Waals surface area contributed by atoms with E-state index in [-0.39, 0.29) is 6.61 Å². The van der Waals surface area contributed by atoms with Crippen molar-refractivity contribution in [2.24, 2.45) is 4.99 Å². The summed E-state index contributed by atoms with van der Waals surface area (Å²) in [7, 11) is 0. The molecule has 0 radical (unpaired) electrons. The van der Waals surface area contributed by atoms with Crippen molar-refractivity contribution in [1.82, 2.24) is 5.32 Å². The van der Waals surface area contributed by atoms with Crippen LogP contribution in [0.4, 0.5) is 0 Å².